The molecule has 2 rings (SSSR count). The quantitative estimate of drug-likeness (QED) is 0.599. The zero-order valence-electron chi connectivity index (χ0n) is 10.3. The molecule has 0 fully saturated rings. The van der Waals surface area contributed by atoms with Crippen molar-refractivity contribution in [2.24, 2.45) is 0 Å². The number of aromatic amines is 1. The van der Waals surface area contributed by atoms with Crippen molar-refractivity contribution >= 4 is 17.6 Å². The van der Waals surface area contributed by atoms with Crippen LogP contribution < -0.4 is 10.6 Å². The van der Waals surface area contributed by atoms with E-state index in [1.165, 1.54) is 6.33 Å². The molecule has 7 nitrogen and oxygen atoms in total. The molecule has 2 aromatic rings. The SMILES string of the molecule is O=C(O)CCNc1cc(NCc2cc[nH]c2)ncn1. The molecule has 0 aromatic carbocycles. The first-order valence-electron chi connectivity index (χ1n) is 5.87. The fraction of sp³-hybridized carbons (Fsp3) is 0.250. The van der Waals surface area contributed by atoms with Gasteiger partial charge in [0.05, 0.1) is 6.42 Å². The number of carboxylic acid groups (broad SMARTS) is 1. The smallest absolute Gasteiger partial charge is 0.305 e. The zero-order chi connectivity index (χ0) is 13.5. The van der Waals surface area contributed by atoms with Gasteiger partial charge in [-0.25, -0.2) is 9.97 Å². The number of nitrogens with zero attached hydrogens (tertiary/aromatic N) is 2. The topological polar surface area (TPSA) is 103 Å². The van der Waals surface area contributed by atoms with E-state index in [9.17, 15) is 4.79 Å². The predicted octanol–water partition coefficient (Wildman–Crippen LogP) is 1.30. The summed E-state index contributed by atoms with van der Waals surface area (Å²) >= 11 is 0. The largest absolute Gasteiger partial charge is 0.481 e. The Morgan fingerprint density at radius 3 is 2.79 bits per heavy atom. The van der Waals surface area contributed by atoms with Crippen molar-refractivity contribution in [2.75, 3.05) is 17.2 Å². The molecular formula is C12H15N5O2. The number of H-pyrrole nitrogens is 1. The van der Waals surface area contributed by atoms with E-state index in [1.54, 1.807) is 6.07 Å². The van der Waals surface area contributed by atoms with E-state index in [1.807, 2.05) is 18.5 Å². The summed E-state index contributed by atoms with van der Waals surface area (Å²) in [5.41, 5.74) is 1.12. The van der Waals surface area contributed by atoms with Crippen LogP contribution in [-0.2, 0) is 11.3 Å². The first-order valence-corrected chi connectivity index (χ1v) is 5.87. The first-order chi connectivity index (χ1) is 9.24. The van der Waals surface area contributed by atoms with E-state index in [2.05, 4.69) is 25.6 Å². The number of carboxylic acids is 1. The number of anilines is 2. The molecule has 0 bridgehead atoms. The van der Waals surface area contributed by atoms with Gasteiger partial charge in [-0.05, 0) is 11.6 Å². The van der Waals surface area contributed by atoms with Crippen LogP contribution in [0.2, 0.25) is 0 Å². The third kappa shape index (κ3) is 4.30. The van der Waals surface area contributed by atoms with E-state index < -0.39 is 5.97 Å². The van der Waals surface area contributed by atoms with Crippen LogP contribution in [0.3, 0.4) is 0 Å². The number of rotatable bonds is 7. The number of hydrogen-bond acceptors (Lipinski definition) is 5. The minimum absolute atomic E-state index is 0.0517. The maximum Gasteiger partial charge on any atom is 0.305 e. The van der Waals surface area contributed by atoms with Gasteiger partial charge in [0, 0.05) is 31.5 Å². The van der Waals surface area contributed by atoms with Crippen LogP contribution in [0, 0.1) is 0 Å². The van der Waals surface area contributed by atoms with Crippen molar-refractivity contribution in [3.63, 3.8) is 0 Å². The molecule has 0 aliphatic rings. The van der Waals surface area contributed by atoms with Crippen molar-refractivity contribution in [3.8, 4) is 0 Å². The van der Waals surface area contributed by atoms with Gasteiger partial charge in [0.15, 0.2) is 0 Å². The van der Waals surface area contributed by atoms with Crippen LogP contribution in [0.4, 0.5) is 11.6 Å². The van der Waals surface area contributed by atoms with Crippen LogP contribution in [0.5, 0.6) is 0 Å². The molecule has 0 saturated heterocycles. The molecule has 0 aliphatic carbocycles. The molecule has 2 aromatic heterocycles. The lowest BCUT2D eigenvalue weighted by molar-refractivity contribution is -0.136. The standard InChI is InChI=1S/C12H15N5O2/c18-12(19)2-4-14-10-5-11(17-8-16-10)15-7-9-1-3-13-6-9/h1,3,5-6,8,13H,2,4,7H2,(H,18,19)(H2,14,15,16,17). The average Bonchev–Trinajstić information content (AvgIpc) is 2.89. The minimum Gasteiger partial charge on any atom is -0.481 e. The van der Waals surface area contributed by atoms with E-state index >= 15 is 0 Å². The van der Waals surface area contributed by atoms with Gasteiger partial charge in [0.1, 0.15) is 18.0 Å². The van der Waals surface area contributed by atoms with Crippen molar-refractivity contribution in [1.82, 2.24) is 15.0 Å². The number of carbonyl (C=O) groups is 1. The molecule has 100 valence electrons. The molecule has 0 aliphatic heterocycles. The Morgan fingerprint density at radius 1 is 1.32 bits per heavy atom. The summed E-state index contributed by atoms with van der Waals surface area (Å²) in [5, 5.41) is 14.6. The summed E-state index contributed by atoms with van der Waals surface area (Å²) in [7, 11) is 0. The summed E-state index contributed by atoms with van der Waals surface area (Å²) in [4.78, 5) is 21.5. The fourth-order valence-corrected chi connectivity index (χ4v) is 1.51. The lowest BCUT2D eigenvalue weighted by Crippen LogP contribution is -2.09. The Bertz CT molecular complexity index is 527. The Balaban J connectivity index is 1.86. The molecule has 19 heavy (non-hydrogen) atoms. The van der Waals surface area contributed by atoms with Crippen molar-refractivity contribution in [2.45, 2.75) is 13.0 Å². The van der Waals surface area contributed by atoms with Crippen molar-refractivity contribution in [1.29, 1.82) is 0 Å². The molecule has 0 amide bonds. The number of hydrogen-bond donors (Lipinski definition) is 4. The molecule has 0 radical (unpaired) electrons. The van der Waals surface area contributed by atoms with Crippen molar-refractivity contribution < 1.29 is 9.90 Å². The Labute approximate surface area is 110 Å². The Kier molecular flexibility index (Phi) is 4.33. The summed E-state index contributed by atoms with van der Waals surface area (Å²) in [6.07, 6.45) is 5.24. The predicted molar refractivity (Wildman–Crippen MR) is 70.9 cm³/mol. The normalized spacial score (nSPS) is 10.1. The molecule has 0 spiro atoms. The van der Waals surface area contributed by atoms with Gasteiger partial charge < -0.3 is 20.7 Å². The molecule has 0 atom stereocenters. The van der Waals surface area contributed by atoms with Crippen molar-refractivity contribution in [3.05, 3.63) is 36.4 Å². The van der Waals surface area contributed by atoms with Gasteiger partial charge in [0.25, 0.3) is 0 Å². The van der Waals surface area contributed by atoms with Crippen LogP contribution in [0.15, 0.2) is 30.9 Å². The van der Waals surface area contributed by atoms with Crippen LogP contribution >= 0.6 is 0 Å². The fourth-order valence-electron chi connectivity index (χ4n) is 1.51. The second-order valence-electron chi connectivity index (χ2n) is 3.93. The Hall–Kier alpha value is -2.57. The third-order valence-corrected chi connectivity index (χ3v) is 2.45. The monoisotopic (exact) mass is 261 g/mol. The lowest BCUT2D eigenvalue weighted by atomic mass is 10.3. The summed E-state index contributed by atoms with van der Waals surface area (Å²) in [6.45, 7) is 0.999. The molecule has 0 unspecified atom stereocenters. The third-order valence-electron chi connectivity index (χ3n) is 2.45. The van der Waals surface area contributed by atoms with E-state index in [0.29, 0.717) is 24.7 Å². The van der Waals surface area contributed by atoms with Crippen LogP contribution in [0.25, 0.3) is 0 Å². The average molecular weight is 261 g/mol. The Morgan fingerprint density at radius 2 is 2.11 bits per heavy atom. The summed E-state index contributed by atoms with van der Waals surface area (Å²) in [5.74, 6) is 0.453. The van der Waals surface area contributed by atoms with Gasteiger partial charge in [-0.2, -0.15) is 0 Å². The highest BCUT2D eigenvalue weighted by Gasteiger charge is 2.00. The van der Waals surface area contributed by atoms with Crippen LogP contribution in [-0.4, -0.2) is 32.6 Å². The number of aromatic nitrogens is 3. The first kappa shape index (κ1) is 12.9. The maximum absolute atomic E-state index is 10.4. The molecule has 7 heteroatoms. The highest BCUT2D eigenvalue weighted by atomic mass is 16.4. The van der Waals surface area contributed by atoms with E-state index in [-0.39, 0.29) is 6.42 Å². The molecule has 4 N–H and O–H groups in total. The van der Waals surface area contributed by atoms with Gasteiger partial charge in [-0.15, -0.1) is 0 Å². The second kappa shape index (κ2) is 6.39. The minimum atomic E-state index is -0.840. The van der Waals surface area contributed by atoms with E-state index in [4.69, 9.17) is 5.11 Å². The lowest BCUT2D eigenvalue weighted by Gasteiger charge is -2.07. The highest BCUT2D eigenvalue weighted by molar-refractivity contribution is 5.67. The highest BCUT2D eigenvalue weighted by Crippen LogP contribution is 2.10. The number of aliphatic carboxylic acids is 1. The van der Waals surface area contributed by atoms with E-state index in [0.717, 1.165) is 5.56 Å². The molecule has 0 saturated carbocycles. The van der Waals surface area contributed by atoms with Gasteiger partial charge in [-0.3, -0.25) is 4.79 Å². The second-order valence-corrected chi connectivity index (χ2v) is 3.93. The number of nitrogens with one attached hydrogen (secondary N) is 3. The van der Waals surface area contributed by atoms with Gasteiger partial charge in [-0.1, -0.05) is 0 Å². The van der Waals surface area contributed by atoms with Gasteiger partial charge >= 0.3 is 5.97 Å². The zero-order valence-corrected chi connectivity index (χ0v) is 10.3. The maximum atomic E-state index is 10.4. The van der Waals surface area contributed by atoms with Gasteiger partial charge in [0.2, 0.25) is 0 Å². The summed E-state index contributed by atoms with van der Waals surface area (Å²) < 4.78 is 0. The van der Waals surface area contributed by atoms with Crippen LogP contribution in [0.1, 0.15) is 12.0 Å². The molecule has 2 heterocycles. The molecular weight excluding hydrogens is 246 g/mol. The summed E-state index contributed by atoms with van der Waals surface area (Å²) in [6, 6.07) is 3.72.